The predicted molar refractivity (Wildman–Crippen MR) is 408 cm³/mol. The van der Waals surface area contributed by atoms with Crippen LogP contribution in [-0.2, 0) is 65.4 Å². The van der Waals surface area contributed by atoms with E-state index in [9.17, 15) is 43.2 Å². The first kappa shape index (κ1) is 95.2. The Morgan fingerprint density at radius 1 is 0.300 bits per heavy atom. The molecule has 0 saturated carbocycles. The highest BCUT2D eigenvalue weighted by Crippen LogP contribution is 2.45. The number of phosphoric ester groups is 2. The molecular weight excluding hydrogens is 1310 g/mol. The van der Waals surface area contributed by atoms with Gasteiger partial charge in [0, 0.05) is 19.3 Å². The third kappa shape index (κ3) is 71.6. The molecule has 0 aliphatic rings. The summed E-state index contributed by atoms with van der Waals surface area (Å²) in [6, 6.07) is 0. The summed E-state index contributed by atoms with van der Waals surface area (Å²) in [5.41, 5.74) is 0. The van der Waals surface area contributed by atoms with E-state index in [0.717, 1.165) is 122 Å². The van der Waals surface area contributed by atoms with Crippen molar-refractivity contribution < 1.29 is 80.2 Å². The summed E-state index contributed by atoms with van der Waals surface area (Å²) in [6.07, 6.45) is 80.5. The van der Waals surface area contributed by atoms with Crippen molar-refractivity contribution in [2.24, 2.45) is 0 Å². The molecule has 17 nitrogen and oxygen atoms in total. The fourth-order valence-electron chi connectivity index (χ4n) is 9.85. The second-order valence-electron chi connectivity index (χ2n) is 25.2. The van der Waals surface area contributed by atoms with E-state index >= 15 is 0 Å². The number of rotatable bonds is 71. The fraction of sp³-hybridized carbons (Fsp3) is 0.679. The van der Waals surface area contributed by atoms with Gasteiger partial charge in [-0.3, -0.25) is 37.3 Å². The number of allylic oxidation sites excluding steroid dienone is 21. The summed E-state index contributed by atoms with van der Waals surface area (Å²) < 4.78 is 68.3. The zero-order valence-electron chi connectivity index (χ0n) is 62.3. The number of phosphoric acid groups is 2. The molecule has 0 radical (unpaired) electrons. The highest BCUT2D eigenvalue weighted by Gasteiger charge is 2.30. The highest BCUT2D eigenvalue weighted by molar-refractivity contribution is 7.47. The topological polar surface area (TPSA) is 237 Å². The number of carbonyl (C=O) groups excluding carboxylic acids is 4. The molecule has 3 N–H and O–H groups in total. The number of esters is 4. The minimum Gasteiger partial charge on any atom is -0.462 e. The quantitative estimate of drug-likeness (QED) is 0.0169. The van der Waals surface area contributed by atoms with Crippen LogP contribution in [0.2, 0.25) is 0 Å². The normalized spacial score (nSPS) is 14.7. The maximum absolute atomic E-state index is 13.1. The Bertz CT molecular complexity index is 2420. The van der Waals surface area contributed by atoms with Gasteiger partial charge in [0.2, 0.25) is 0 Å². The summed E-state index contributed by atoms with van der Waals surface area (Å²) in [5, 5.41) is 10.6. The van der Waals surface area contributed by atoms with Crippen LogP contribution in [0.5, 0.6) is 0 Å². The molecule has 0 spiro atoms. The lowest BCUT2D eigenvalue weighted by atomic mass is 10.0. The van der Waals surface area contributed by atoms with E-state index in [2.05, 4.69) is 125 Å². The average Bonchev–Trinajstić information content (AvgIpc) is 1.06. The van der Waals surface area contributed by atoms with Crippen LogP contribution in [-0.4, -0.2) is 96.7 Å². The maximum Gasteiger partial charge on any atom is 0.472 e. The lowest BCUT2D eigenvalue weighted by molar-refractivity contribution is -0.161. The molecule has 0 aromatic rings. The second kappa shape index (κ2) is 72.5. The van der Waals surface area contributed by atoms with Gasteiger partial charge in [-0.05, 0) is 116 Å². The number of unbranched alkanes of at least 4 members (excludes halogenated alkanes) is 24. The van der Waals surface area contributed by atoms with Crippen LogP contribution in [0.3, 0.4) is 0 Å². The molecule has 0 aliphatic heterocycles. The van der Waals surface area contributed by atoms with Crippen LogP contribution in [0.15, 0.2) is 134 Å². The van der Waals surface area contributed by atoms with Crippen LogP contribution in [0.25, 0.3) is 0 Å². The van der Waals surface area contributed by atoms with Crippen LogP contribution in [0, 0.1) is 0 Å². The minimum atomic E-state index is -5.00. The van der Waals surface area contributed by atoms with Crippen LogP contribution in [0.1, 0.15) is 297 Å². The average molecular weight is 1440 g/mol. The highest BCUT2D eigenvalue weighted by atomic mass is 31.2. The van der Waals surface area contributed by atoms with E-state index in [1.165, 1.54) is 89.9 Å². The molecule has 572 valence electrons. The number of hydrogen-bond acceptors (Lipinski definition) is 15. The van der Waals surface area contributed by atoms with E-state index in [-0.39, 0.29) is 25.7 Å². The molecule has 0 amide bonds. The number of carbonyl (C=O) groups is 4. The first-order valence-electron chi connectivity index (χ1n) is 38.4. The van der Waals surface area contributed by atoms with Gasteiger partial charge in [-0.2, -0.15) is 0 Å². The van der Waals surface area contributed by atoms with Gasteiger partial charge >= 0.3 is 39.5 Å². The summed E-state index contributed by atoms with van der Waals surface area (Å²) in [7, 11) is -9.99. The van der Waals surface area contributed by atoms with Crippen molar-refractivity contribution in [1.82, 2.24) is 0 Å². The molecule has 0 bridgehead atoms. The predicted octanol–water partition coefficient (Wildman–Crippen LogP) is 22.1. The Kier molecular flexibility index (Phi) is 69.1. The molecule has 0 aliphatic carbocycles. The SMILES string of the molecule is CC/C=C\C/C=C\C/C=C\C/C=C\C/C=C\CCCC(=O)OCC(COP(=O)(O)OCC(O)COP(=O)(O)OCC(COC(=O)C/C=C\C/C=C\C/C=C\C/C=C\C/C=C\CC)OC(=O)CCCCCCCCCCCCCCC)OC(=O)CCCCCCC/C=C\CCCCCCCC. The molecule has 0 heterocycles. The first-order chi connectivity index (χ1) is 48.7. The molecule has 100 heavy (non-hydrogen) atoms. The molecule has 5 unspecified atom stereocenters. The van der Waals surface area contributed by atoms with Crippen molar-refractivity contribution in [2.75, 3.05) is 39.6 Å². The van der Waals surface area contributed by atoms with Crippen molar-refractivity contribution in [3.05, 3.63) is 134 Å². The van der Waals surface area contributed by atoms with Gasteiger partial charge in [0.25, 0.3) is 0 Å². The maximum atomic E-state index is 13.1. The van der Waals surface area contributed by atoms with Gasteiger partial charge in [-0.15, -0.1) is 0 Å². The van der Waals surface area contributed by atoms with Gasteiger partial charge in [0.15, 0.2) is 12.2 Å². The lowest BCUT2D eigenvalue weighted by Crippen LogP contribution is -2.30. The van der Waals surface area contributed by atoms with Crippen molar-refractivity contribution >= 4 is 39.5 Å². The van der Waals surface area contributed by atoms with Gasteiger partial charge in [-0.25, -0.2) is 9.13 Å². The standard InChI is InChI=1S/C81H136O17P2/c1-5-9-13-17-21-25-29-33-36-37-40-43-46-50-54-58-62-66-79(84)92-72-77(98-81(86)68-64-60-56-52-48-44-39-35-31-27-23-19-15-11-7-3)74-96-100(89,90)94-70-75(82)69-93-99(87,88)95-73-76(97-80(85)67-63-59-55-51-47-41-32-28-24-20-16-12-8-4)71-91-78(83)65-61-57-53-49-45-42-38-34-30-26-22-18-14-10-6-2/h9-10,13-14,21-22,25-26,33-36,38-40,43,45,49-50,54,57,61,75-77,82H,5-8,11-12,15-20,23-24,27-32,37,41-42,44,46-48,51-53,55-56,58-60,62-74H2,1-4H3,(H,87,88)(H,89,90)/b13-9-,14-10-,25-21-,26-22-,36-33-,38-34-,39-35-,43-40-,49-45-,54-50-,61-57-. The van der Waals surface area contributed by atoms with Gasteiger partial charge in [0.1, 0.15) is 19.3 Å². The van der Waals surface area contributed by atoms with Crippen LogP contribution >= 0.6 is 15.6 Å². The zero-order chi connectivity index (χ0) is 73.2. The molecule has 0 fully saturated rings. The first-order valence-corrected chi connectivity index (χ1v) is 41.4. The van der Waals surface area contributed by atoms with Crippen molar-refractivity contribution in [2.45, 2.75) is 316 Å². The number of ether oxygens (including phenoxy) is 4. The van der Waals surface area contributed by atoms with E-state index in [4.69, 9.17) is 37.0 Å². The smallest absolute Gasteiger partial charge is 0.462 e. The Balaban J connectivity index is 5.47. The third-order valence-corrected chi connectivity index (χ3v) is 17.5. The molecule has 19 heteroatoms. The van der Waals surface area contributed by atoms with E-state index in [1.54, 1.807) is 6.08 Å². The zero-order valence-corrected chi connectivity index (χ0v) is 64.1. The van der Waals surface area contributed by atoms with E-state index in [1.807, 2.05) is 30.4 Å². The molecular formula is C81H136O17P2. The van der Waals surface area contributed by atoms with Crippen LogP contribution in [0.4, 0.5) is 0 Å². The molecule has 5 atom stereocenters. The number of aliphatic hydroxyl groups is 1. The summed E-state index contributed by atoms with van der Waals surface area (Å²) in [6.45, 7) is 4.45. The third-order valence-electron chi connectivity index (χ3n) is 15.6. The van der Waals surface area contributed by atoms with E-state index < -0.39 is 97.5 Å². The van der Waals surface area contributed by atoms with Crippen molar-refractivity contribution in [3.8, 4) is 0 Å². The van der Waals surface area contributed by atoms with Gasteiger partial charge in [-0.1, -0.05) is 290 Å². The van der Waals surface area contributed by atoms with Gasteiger partial charge < -0.3 is 33.8 Å². The number of aliphatic hydroxyl groups excluding tert-OH is 1. The lowest BCUT2D eigenvalue weighted by Gasteiger charge is -2.21. The van der Waals surface area contributed by atoms with Crippen molar-refractivity contribution in [1.29, 1.82) is 0 Å². The largest absolute Gasteiger partial charge is 0.472 e. The summed E-state index contributed by atoms with van der Waals surface area (Å²) in [5.74, 6) is -2.40. The second-order valence-corrected chi connectivity index (χ2v) is 28.1. The van der Waals surface area contributed by atoms with E-state index in [0.29, 0.717) is 32.1 Å². The monoisotopic (exact) mass is 1440 g/mol. The van der Waals surface area contributed by atoms with Crippen LogP contribution < -0.4 is 0 Å². The molecule has 0 rings (SSSR count). The fourth-order valence-corrected chi connectivity index (χ4v) is 11.4. The Morgan fingerprint density at radius 2 is 0.570 bits per heavy atom. The molecule has 0 saturated heterocycles. The Hall–Kier alpha value is -4.80. The number of hydrogen-bond donors (Lipinski definition) is 3. The van der Waals surface area contributed by atoms with Crippen molar-refractivity contribution in [3.63, 3.8) is 0 Å². The molecule has 0 aromatic carbocycles. The molecule has 0 aromatic heterocycles. The van der Waals surface area contributed by atoms with Gasteiger partial charge in [0.05, 0.1) is 32.8 Å². The Labute approximate surface area is 605 Å². The minimum absolute atomic E-state index is 0.0684. The summed E-state index contributed by atoms with van der Waals surface area (Å²) >= 11 is 0. The summed E-state index contributed by atoms with van der Waals surface area (Å²) in [4.78, 5) is 72.8. The Morgan fingerprint density at radius 3 is 0.930 bits per heavy atom.